The SMILES string of the molecule is CCCCCCCCC(CC(C)C(C)(C)C)c1ccccc1O. The minimum Gasteiger partial charge on any atom is -0.508 e. The number of hydrogen-bond donors (Lipinski definition) is 1. The third-order valence-corrected chi connectivity index (χ3v) is 5.40. The van der Waals surface area contributed by atoms with Crippen molar-refractivity contribution >= 4 is 0 Å². The molecule has 0 aliphatic rings. The summed E-state index contributed by atoms with van der Waals surface area (Å²) >= 11 is 0. The second kappa shape index (κ2) is 10.0. The summed E-state index contributed by atoms with van der Waals surface area (Å²) in [5.74, 6) is 1.60. The Labute approximate surface area is 144 Å². The molecule has 0 bridgehead atoms. The zero-order valence-electron chi connectivity index (χ0n) is 16.1. The molecule has 1 nitrogen and oxygen atoms in total. The Morgan fingerprint density at radius 2 is 1.57 bits per heavy atom. The largest absolute Gasteiger partial charge is 0.508 e. The summed E-state index contributed by atoms with van der Waals surface area (Å²) in [5.41, 5.74) is 1.47. The Hall–Kier alpha value is -0.980. The van der Waals surface area contributed by atoms with Crippen molar-refractivity contribution in [1.82, 2.24) is 0 Å². The number of benzene rings is 1. The van der Waals surface area contributed by atoms with Crippen molar-refractivity contribution in [1.29, 1.82) is 0 Å². The van der Waals surface area contributed by atoms with E-state index in [9.17, 15) is 5.11 Å². The van der Waals surface area contributed by atoms with Crippen molar-refractivity contribution in [3.8, 4) is 5.75 Å². The van der Waals surface area contributed by atoms with Gasteiger partial charge in [0.1, 0.15) is 5.75 Å². The van der Waals surface area contributed by atoms with Gasteiger partial charge in [0.25, 0.3) is 0 Å². The summed E-state index contributed by atoms with van der Waals surface area (Å²) < 4.78 is 0. The zero-order valence-corrected chi connectivity index (χ0v) is 16.1. The summed E-state index contributed by atoms with van der Waals surface area (Å²) in [6.07, 6.45) is 10.4. The Balaban J connectivity index is 2.64. The molecule has 0 radical (unpaired) electrons. The fourth-order valence-electron chi connectivity index (χ4n) is 3.18. The Kier molecular flexibility index (Phi) is 8.73. The van der Waals surface area contributed by atoms with E-state index in [0.29, 0.717) is 23.0 Å². The normalized spacial score (nSPS) is 14.7. The van der Waals surface area contributed by atoms with E-state index >= 15 is 0 Å². The highest BCUT2D eigenvalue weighted by atomic mass is 16.3. The van der Waals surface area contributed by atoms with E-state index in [2.05, 4.69) is 46.8 Å². The van der Waals surface area contributed by atoms with Crippen molar-refractivity contribution in [2.45, 2.75) is 91.9 Å². The highest BCUT2D eigenvalue weighted by Gasteiger charge is 2.25. The molecule has 0 aliphatic heterocycles. The summed E-state index contributed by atoms with van der Waals surface area (Å²) in [6.45, 7) is 11.6. The van der Waals surface area contributed by atoms with Crippen molar-refractivity contribution in [2.75, 3.05) is 0 Å². The highest BCUT2D eigenvalue weighted by molar-refractivity contribution is 5.34. The Morgan fingerprint density at radius 1 is 0.957 bits per heavy atom. The summed E-state index contributed by atoms with van der Waals surface area (Å²) in [6, 6.07) is 7.94. The summed E-state index contributed by atoms with van der Waals surface area (Å²) in [5, 5.41) is 10.3. The number of aromatic hydroxyl groups is 1. The van der Waals surface area contributed by atoms with Crippen LogP contribution in [0.3, 0.4) is 0 Å². The molecule has 0 saturated heterocycles. The lowest BCUT2D eigenvalue weighted by Crippen LogP contribution is -2.20. The van der Waals surface area contributed by atoms with Crippen molar-refractivity contribution in [2.24, 2.45) is 11.3 Å². The number of hydrogen-bond acceptors (Lipinski definition) is 1. The first-order chi connectivity index (χ1) is 10.9. The second-order valence-corrected chi connectivity index (χ2v) is 8.31. The molecule has 1 aromatic rings. The number of rotatable bonds is 10. The van der Waals surface area contributed by atoms with Gasteiger partial charge in [-0.15, -0.1) is 0 Å². The van der Waals surface area contributed by atoms with Gasteiger partial charge in [-0.2, -0.15) is 0 Å². The predicted octanol–water partition coefficient (Wildman–Crippen LogP) is 7.30. The molecule has 1 aromatic carbocycles. The van der Waals surface area contributed by atoms with E-state index in [0.717, 1.165) is 12.0 Å². The van der Waals surface area contributed by atoms with Crippen molar-refractivity contribution in [3.05, 3.63) is 29.8 Å². The quantitative estimate of drug-likeness (QED) is 0.449. The highest BCUT2D eigenvalue weighted by Crippen LogP contribution is 2.39. The van der Waals surface area contributed by atoms with Crippen LogP contribution >= 0.6 is 0 Å². The van der Waals surface area contributed by atoms with Crippen molar-refractivity contribution in [3.63, 3.8) is 0 Å². The van der Waals surface area contributed by atoms with Gasteiger partial charge in [-0.3, -0.25) is 0 Å². The number of phenolic OH excluding ortho intramolecular Hbond substituents is 1. The van der Waals surface area contributed by atoms with Gasteiger partial charge in [0.05, 0.1) is 0 Å². The molecule has 0 aliphatic carbocycles. The average molecular weight is 319 g/mol. The van der Waals surface area contributed by atoms with Gasteiger partial charge >= 0.3 is 0 Å². The maximum absolute atomic E-state index is 10.3. The van der Waals surface area contributed by atoms with Gasteiger partial charge in [-0.05, 0) is 41.7 Å². The van der Waals surface area contributed by atoms with E-state index in [1.165, 1.54) is 44.9 Å². The van der Waals surface area contributed by atoms with Crippen LogP contribution in [0.4, 0.5) is 0 Å². The molecule has 132 valence electrons. The van der Waals surface area contributed by atoms with Crippen LogP contribution in [0.2, 0.25) is 0 Å². The van der Waals surface area contributed by atoms with Crippen LogP contribution in [-0.4, -0.2) is 5.11 Å². The molecule has 0 aromatic heterocycles. The first-order valence-corrected chi connectivity index (χ1v) is 9.64. The van der Waals surface area contributed by atoms with Crippen LogP contribution in [0.25, 0.3) is 0 Å². The molecule has 0 saturated carbocycles. The molecule has 0 fully saturated rings. The Morgan fingerprint density at radius 3 is 2.17 bits per heavy atom. The third kappa shape index (κ3) is 7.42. The van der Waals surface area contributed by atoms with E-state index in [4.69, 9.17) is 0 Å². The minimum absolute atomic E-state index is 0.323. The molecule has 0 spiro atoms. The lowest BCUT2D eigenvalue weighted by molar-refractivity contribution is 0.227. The van der Waals surface area contributed by atoms with E-state index < -0.39 is 0 Å². The van der Waals surface area contributed by atoms with Crippen LogP contribution in [0.1, 0.15) is 97.5 Å². The maximum Gasteiger partial charge on any atom is 0.119 e. The van der Waals surface area contributed by atoms with Gasteiger partial charge in [-0.1, -0.05) is 91.3 Å². The standard InChI is InChI=1S/C22H38O/c1-6-7-8-9-10-11-14-19(17-18(2)22(3,4)5)20-15-12-13-16-21(20)23/h12-13,15-16,18-19,23H,6-11,14,17H2,1-5H3. The zero-order chi connectivity index (χ0) is 17.3. The lowest BCUT2D eigenvalue weighted by atomic mass is 9.74. The average Bonchev–Trinajstić information content (AvgIpc) is 2.49. The van der Waals surface area contributed by atoms with E-state index in [-0.39, 0.29) is 0 Å². The Bertz CT molecular complexity index is 430. The van der Waals surface area contributed by atoms with Gasteiger partial charge in [0.2, 0.25) is 0 Å². The van der Waals surface area contributed by atoms with E-state index in [1.54, 1.807) is 0 Å². The van der Waals surface area contributed by atoms with Gasteiger partial charge in [-0.25, -0.2) is 0 Å². The molecule has 2 unspecified atom stereocenters. The van der Waals surface area contributed by atoms with E-state index in [1.807, 2.05) is 12.1 Å². The fourth-order valence-corrected chi connectivity index (χ4v) is 3.18. The first-order valence-electron chi connectivity index (χ1n) is 9.64. The molecule has 23 heavy (non-hydrogen) atoms. The van der Waals surface area contributed by atoms with Crippen LogP contribution in [-0.2, 0) is 0 Å². The molecule has 1 heteroatoms. The van der Waals surface area contributed by atoms with Crippen LogP contribution in [0, 0.1) is 11.3 Å². The van der Waals surface area contributed by atoms with Crippen LogP contribution < -0.4 is 0 Å². The fraction of sp³-hybridized carbons (Fsp3) is 0.727. The molecule has 0 amide bonds. The lowest BCUT2D eigenvalue weighted by Gasteiger charge is -2.31. The van der Waals surface area contributed by atoms with Crippen LogP contribution in [0.15, 0.2) is 24.3 Å². The van der Waals surface area contributed by atoms with Crippen LogP contribution in [0.5, 0.6) is 5.75 Å². The van der Waals surface area contributed by atoms with Crippen molar-refractivity contribution < 1.29 is 5.11 Å². The topological polar surface area (TPSA) is 20.2 Å². The minimum atomic E-state index is 0.323. The smallest absolute Gasteiger partial charge is 0.119 e. The molecule has 0 heterocycles. The monoisotopic (exact) mass is 318 g/mol. The molecule has 1 rings (SSSR count). The van der Waals surface area contributed by atoms with Gasteiger partial charge in [0, 0.05) is 0 Å². The molecular weight excluding hydrogens is 280 g/mol. The number of unbranched alkanes of at least 4 members (excludes halogenated alkanes) is 5. The van der Waals surface area contributed by atoms with Gasteiger partial charge in [0.15, 0.2) is 0 Å². The number of phenols is 1. The van der Waals surface area contributed by atoms with Gasteiger partial charge < -0.3 is 5.11 Å². The summed E-state index contributed by atoms with van der Waals surface area (Å²) in [7, 11) is 0. The first kappa shape index (κ1) is 20.1. The molecule has 2 atom stereocenters. The summed E-state index contributed by atoms with van der Waals surface area (Å²) in [4.78, 5) is 0. The third-order valence-electron chi connectivity index (χ3n) is 5.40. The molecular formula is C22H38O. The predicted molar refractivity (Wildman–Crippen MR) is 102 cm³/mol. The second-order valence-electron chi connectivity index (χ2n) is 8.31. The number of para-hydroxylation sites is 1. The maximum atomic E-state index is 10.3. The molecule has 1 N–H and O–H groups in total.